The number of aryl methyl sites for hydroxylation is 3. The molecule has 0 unspecified atom stereocenters. The third-order valence-corrected chi connectivity index (χ3v) is 8.35. The van der Waals surface area contributed by atoms with Gasteiger partial charge in [0.05, 0.1) is 17.6 Å². The third kappa shape index (κ3) is 4.10. The molecule has 0 aliphatic carbocycles. The molecule has 1 aromatic carbocycles. The van der Waals surface area contributed by atoms with Gasteiger partial charge in [-0.3, -0.25) is 9.48 Å². The summed E-state index contributed by atoms with van der Waals surface area (Å²) in [4.78, 5) is 19.6. The molecule has 0 spiro atoms. The maximum atomic E-state index is 13.3. The van der Waals surface area contributed by atoms with E-state index in [-0.39, 0.29) is 37.0 Å². The van der Waals surface area contributed by atoms with Gasteiger partial charge < -0.3 is 4.90 Å². The number of carbonyl (C=O) groups is 1. The number of nitrogens with zero attached hydrogens (tertiary/aromatic N) is 7. The van der Waals surface area contributed by atoms with Gasteiger partial charge in [-0.05, 0) is 26.8 Å². The number of hydrogen-bond donors (Lipinski definition) is 0. The van der Waals surface area contributed by atoms with Crippen LogP contribution in [0.5, 0.6) is 0 Å². The highest BCUT2D eigenvalue weighted by Gasteiger charge is 2.33. The smallest absolute Gasteiger partial charge is 0.259 e. The van der Waals surface area contributed by atoms with E-state index >= 15 is 0 Å². The zero-order valence-corrected chi connectivity index (χ0v) is 20.7. The van der Waals surface area contributed by atoms with Crippen molar-refractivity contribution in [1.29, 1.82) is 0 Å². The molecule has 1 aliphatic heterocycles. The first-order chi connectivity index (χ1) is 16.8. The summed E-state index contributed by atoms with van der Waals surface area (Å²) in [6.45, 7) is 7.23. The number of carbonyl (C=O) groups excluding carboxylic acids is 1. The molecule has 35 heavy (non-hydrogen) atoms. The van der Waals surface area contributed by atoms with E-state index in [0.29, 0.717) is 23.4 Å². The van der Waals surface area contributed by atoms with E-state index in [4.69, 9.17) is 0 Å². The molecule has 1 aliphatic rings. The first-order valence-corrected chi connectivity index (χ1v) is 13.0. The van der Waals surface area contributed by atoms with Gasteiger partial charge in [0.15, 0.2) is 5.65 Å². The van der Waals surface area contributed by atoms with Gasteiger partial charge in [0.25, 0.3) is 5.91 Å². The Morgan fingerprint density at radius 1 is 1.03 bits per heavy atom. The molecule has 1 amide bonds. The fraction of sp³-hybridized carbons (Fsp3) is 0.333. The van der Waals surface area contributed by atoms with Crippen molar-refractivity contribution in [1.82, 2.24) is 33.6 Å². The predicted molar refractivity (Wildman–Crippen MR) is 130 cm³/mol. The molecule has 0 bridgehead atoms. The van der Waals surface area contributed by atoms with Crippen molar-refractivity contribution >= 4 is 21.6 Å². The van der Waals surface area contributed by atoms with Crippen LogP contribution in [-0.2, 0) is 16.6 Å². The maximum absolute atomic E-state index is 13.3. The first kappa shape index (κ1) is 23.2. The van der Waals surface area contributed by atoms with E-state index in [1.807, 2.05) is 44.2 Å². The quantitative estimate of drug-likeness (QED) is 0.423. The van der Waals surface area contributed by atoms with Gasteiger partial charge in [-0.1, -0.05) is 29.8 Å². The van der Waals surface area contributed by atoms with Gasteiger partial charge in [0.2, 0.25) is 10.0 Å². The Balaban J connectivity index is 1.35. The van der Waals surface area contributed by atoms with Gasteiger partial charge >= 0.3 is 0 Å². The van der Waals surface area contributed by atoms with Crippen LogP contribution in [0.4, 0.5) is 0 Å². The van der Waals surface area contributed by atoms with E-state index in [9.17, 15) is 13.2 Å². The molecule has 5 rings (SSSR count). The molecule has 182 valence electrons. The molecule has 0 atom stereocenters. The highest BCUT2D eigenvalue weighted by Crippen LogP contribution is 2.24. The largest absolute Gasteiger partial charge is 0.336 e. The maximum Gasteiger partial charge on any atom is 0.259 e. The van der Waals surface area contributed by atoms with E-state index in [1.165, 1.54) is 10.5 Å². The van der Waals surface area contributed by atoms with Crippen LogP contribution in [0, 0.1) is 13.8 Å². The van der Waals surface area contributed by atoms with Crippen LogP contribution in [-0.4, -0.2) is 74.1 Å². The van der Waals surface area contributed by atoms with Crippen molar-refractivity contribution in [3.63, 3.8) is 0 Å². The summed E-state index contributed by atoms with van der Waals surface area (Å²) in [7, 11) is -3.68. The van der Waals surface area contributed by atoms with Gasteiger partial charge in [-0.25, -0.2) is 17.9 Å². The van der Waals surface area contributed by atoms with Crippen molar-refractivity contribution < 1.29 is 13.2 Å². The molecule has 0 saturated carbocycles. The van der Waals surface area contributed by atoms with Crippen LogP contribution >= 0.6 is 0 Å². The van der Waals surface area contributed by atoms with Crippen molar-refractivity contribution in [2.24, 2.45) is 0 Å². The van der Waals surface area contributed by atoms with Crippen LogP contribution in [0.2, 0.25) is 0 Å². The van der Waals surface area contributed by atoms with Gasteiger partial charge in [0.1, 0.15) is 10.5 Å². The summed E-state index contributed by atoms with van der Waals surface area (Å²) < 4.78 is 31.0. The molecule has 3 aromatic heterocycles. The highest BCUT2D eigenvalue weighted by molar-refractivity contribution is 7.89. The Hall–Kier alpha value is -3.57. The first-order valence-electron chi connectivity index (χ1n) is 11.5. The molecule has 0 radical (unpaired) electrons. The average Bonchev–Trinajstić information content (AvgIpc) is 3.48. The summed E-state index contributed by atoms with van der Waals surface area (Å²) in [6.07, 6.45) is 4.78. The Bertz CT molecular complexity index is 1500. The minimum Gasteiger partial charge on any atom is -0.336 e. The van der Waals surface area contributed by atoms with Crippen LogP contribution in [0.25, 0.3) is 16.9 Å². The Labute approximate surface area is 203 Å². The van der Waals surface area contributed by atoms with Crippen LogP contribution in [0.15, 0.2) is 53.8 Å². The topological polar surface area (TPSA) is 106 Å². The second-order valence-electron chi connectivity index (χ2n) is 8.62. The molecule has 1 fully saturated rings. The van der Waals surface area contributed by atoms with Crippen LogP contribution < -0.4 is 0 Å². The molecule has 4 aromatic rings. The molecule has 11 heteroatoms. The second-order valence-corrected chi connectivity index (χ2v) is 10.5. The Morgan fingerprint density at radius 3 is 2.40 bits per heavy atom. The SMILES string of the molecule is CCn1cc(S(=O)(=O)N2CCN(C(=O)c3cnn4c(-c5ccc(C)cc5)ccnc34)CC2)c(C)n1. The second kappa shape index (κ2) is 8.90. The van der Waals surface area contributed by atoms with Crippen LogP contribution in [0.1, 0.15) is 28.5 Å². The average molecular weight is 494 g/mol. The Morgan fingerprint density at radius 2 is 1.74 bits per heavy atom. The van der Waals surface area contributed by atoms with E-state index in [0.717, 1.165) is 16.8 Å². The van der Waals surface area contributed by atoms with Crippen molar-refractivity contribution in [3.05, 3.63) is 65.7 Å². The number of fused-ring (bicyclic) bond motifs is 1. The normalized spacial score (nSPS) is 15.1. The predicted octanol–water partition coefficient (Wildman–Crippen LogP) is 2.38. The minimum atomic E-state index is -3.68. The zero-order valence-electron chi connectivity index (χ0n) is 19.9. The van der Waals surface area contributed by atoms with Gasteiger partial charge in [-0.15, -0.1) is 0 Å². The Kier molecular flexibility index (Phi) is 5.89. The summed E-state index contributed by atoms with van der Waals surface area (Å²) in [5.74, 6) is -0.208. The molecule has 10 nitrogen and oxygen atoms in total. The summed E-state index contributed by atoms with van der Waals surface area (Å²) >= 11 is 0. The van der Waals surface area contributed by atoms with E-state index in [2.05, 4.69) is 15.2 Å². The van der Waals surface area contributed by atoms with Gasteiger partial charge in [0, 0.05) is 50.7 Å². The van der Waals surface area contributed by atoms with Crippen molar-refractivity contribution in [3.8, 4) is 11.3 Å². The van der Waals surface area contributed by atoms with Crippen LogP contribution in [0.3, 0.4) is 0 Å². The fourth-order valence-electron chi connectivity index (χ4n) is 4.34. The van der Waals surface area contributed by atoms with Gasteiger partial charge in [-0.2, -0.15) is 14.5 Å². The third-order valence-electron chi connectivity index (χ3n) is 6.35. The number of benzene rings is 1. The fourth-order valence-corrected chi connectivity index (χ4v) is 5.93. The summed E-state index contributed by atoms with van der Waals surface area (Å²) in [5.41, 5.74) is 4.33. The molecular formula is C24H27N7O3S. The molecule has 0 N–H and O–H groups in total. The van der Waals surface area contributed by atoms with E-state index < -0.39 is 10.0 Å². The van der Waals surface area contributed by atoms with Crippen molar-refractivity contribution in [2.75, 3.05) is 26.2 Å². The standard InChI is InChI=1S/C24H27N7O3S/c1-4-29-16-22(18(3)27-29)35(33,34)30-13-11-28(12-14-30)24(32)20-15-26-31-21(9-10-25-23(20)31)19-7-5-17(2)6-8-19/h5-10,15-16H,4,11-14H2,1-3H3. The number of piperazine rings is 1. The number of aromatic nitrogens is 5. The lowest BCUT2D eigenvalue weighted by Gasteiger charge is -2.33. The zero-order chi connectivity index (χ0) is 24.7. The minimum absolute atomic E-state index is 0.208. The molecule has 1 saturated heterocycles. The highest BCUT2D eigenvalue weighted by atomic mass is 32.2. The lowest BCUT2D eigenvalue weighted by Crippen LogP contribution is -2.50. The lowest BCUT2D eigenvalue weighted by molar-refractivity contribution is 0.0699. The number of amides is 1. The molecular weight excluding hydrogens is 466 g/mol. The van der Waals surface area contributed by atoms with E-state index in [1.54, 1.807) is 33.4 Å². The number of rotatable bonds is 5. The summed E-state index contributed by atoms with van der Waals surface area (Å²) in [6, 6.07) is 9.95. The van der Waals surface area contributed by atoms with Crippen molar-refractivity contribution in [2.45, 2.75) is 32.2 Å². The number of sulfonamides is 1. The lowest BCUT2D eigenvalue weighted by atomic mass is 10.1. The monoisotopic (exact) mass is 493 g/mol. The number of hydrogen-bond acceptors (Lipinski definition) is 6. The summed E-state index contributed by atoms with van der Waals surface area (Å²) in [5, 5.41) is 8.70. The molecule has 4 heterocycles.